The first kappa shape index (κ1) is 19.8. The van der Waals surface area contributed by atoms with Gasteiger partial charge in [-0.05, 0) is 38.0 Å². The number of hydrogen-bond donors (Lipinski definition) is 3. The molecule has 0 radical (unpaired) electrons. The van der Waals surface area contributed by atoms with Gasteiger partial charge in [-0.25, -0.2) is 4.39 Å². The molecule has 0 heterocycles. The minimum absolute atomic E-state index is 0. The van der Waals surface area contributed by atoms with Crippen LogP contribution in [0.1, 0.15) is 38.9 Å². The van der Waals surface area contributed by atoms with Crippen molar-refractivity contribution in [3.63, 3.8) is 0 Å². The van der Waals surface area contributed by atoms with Crippen LogP contribution >= 0.6 is 12.4 Å². The number of aliphatic hydroxyl groups is 1. The van der Waals surface area contributed by atoms with Crippen molar-refractivity contribution in [3.8, 4) is 0 Å². The van der Waals surface area contributed by atoms with Crippen molar-refractivity contribution in [2.75, 3.05) is 0 Å². The summed E-state index contributed by atoms with van der Waals surface area (Å²) in [5, 5.41) is 12.9. The molecule has 0 fully saturated rings. The van der Waals surface area contributed by atoms with E-state index in [1.54, 1.807) is 26.0 Å². The molecule has 1 aromatic carbocycles. The Morgan fingerprint density at radius 3 is 2.29 bits per heavy atom. The number of nitrogens with one attached hydrogen (secondary N) is 1. The summed E-state index contributed by atoms with van der Waals surface area (Å²) in [6.07, 6.45) is -0.375. The monoisotopic (exact) mass is 318 g/mol. The topological polar surface area (TPSA) is 75.3 Å². The number of benzene rings is 1. The van der Waals surface area contributed by atoms with E-state index in [0.29, 0.717) is 12.0 Å². The van der Waals surface area contributed by atoms with Gasteiger partial charge in [0.1, 0.15) is 5.82 Å². The SMILES string of the molecule is CC(CC(O)c1ccc(F)cc1)NC(=O)C(C)C(C)N.Cl. The molecule has 1 aromatic rings. The minimum Gasteiger partial charge on any atom is -0.388 e. The zero-order valence-electron chi connectivity index (χ0n) is 12.5. The number of rotatable bonds is 6. The summed E-state index contributed by atoms with van der Waals surface area (Å²) in [4.78, 5) is 11.8. The molecule has 0 aliphatic heterocycles. The summed E-state index contributed by atoms with van der Waals surface area (Å²) < 4.78 is 12.8. The molecular weight excluding hydrogens is 295 g/mol. The lowest BCUT2D eigenvalue weighted by molar-refractivity contribution is -0.125. The van der Waals surface area contributed by atoms with E-state index in [0.717, 1.165) is 0 Å². The van der Waals surface area contributed by atoms with Gasteiger partial charge in [-0.3, -0.25) is 4.79 Å². The summed E-state index contributed by atoms with van der Waals surface area (Å²) in [5.41, 5.74) is 6.31. The van der Waals surface area contributed by atoms with Crippen LogP contribution in [-0.2, 0) is 4.79 Å². The number of nitrogens with two attached hydrogens (primary N) is 1. The van der Waals surface area contributed by atoms with Crippen LogP contribution in [0.5, 0.6) is 0 Å². The molecule has 21 heavy (non-hydrogen) atoms. The van der Waals surface area contributed by atoms with E-state index < -0.39 is 6.10 Å². The van der Waals surface area contributed by atoms with Crippen molar-refractivity contribution in [1.82, 2.24) is 5.32 Å². The molecule has 0 aliphatic carbocycles. The highest BCUT2D eigenvalue weighted by Gasteiger charge is 2.20. The van der Waals surface area contributed by atoms with Gasteiger partial charge in [0.05, 0.1) is 6.10 Å². The van der Waals surface area contributed by atoms with Crippen LogP contribution in [-0.4, -0.2) is 23.1 Å². The van der Waals surface area contributed by atoms with Gasteiger partial charge in [-0.15, -0.1) is 12.4 Å². The lowest BCUT2D eigenvalue weighted by Gasteiger charge is -2.21. The van der Waals surface area contributed by atoms with Crippen molar-refractivity contribution in [3.05, 3.63) is 35.6 Å². The van der Waals surface area contributed by atoms with Crippen LogP contribution in [0.3, 0.4) is 0 Å². The smallest absolute Gasteiger partial charge is 0.224 e. The maximum atomic E-state index is 12.8. The summed E-state index contributed by atoms with van der Waals surface area (Å²) in [6, 6.07) is 5.28. The highest BCUT2D eigenvalue weighted by molar-refractivity contribution is 5.85. The third-order valence-corrected chi connectivity index (χ3v) is 3.42. The number of hydrogen-bond acceptors (Lipinski definition) is 3. The fourth-order valence-electron chi connectivity index (χ4n) is 1.83. The van der Waals surface area contributed by atoms with Crippen molar-refractivity contribution in [1.29, 1.82) is 0 Å². The zero-order valence-corrected chi connectivity index (χ0v) is 13.4. The minimum atomic E-state index is -0.739. The molecule has 1 rings (SSSR count). The predicted molar refractivity (Wildman–Crippen MR) is 83.6 cm³/mol. The Bertz CT molecular complexity index is 440. The second-order valence-electron chi connectivity index (χ2n) is 5.36. The first-order valence-corrected chi connectivity index (χ1v) is 6.80. The molecule has 0 spiro atoms. The van der Waals surface area contributed by atoms with E-state index in [1.165, 1.54) is 12.1 Å². The van der Waals surface area contributed by atoms with Crippen LogP contribution in [0.25, 0.3) is 0 Å². The van der Waals surface area contributed by atoms with E-state index in [2.05, 4.69) is 5.32 Å². The Labute approximate surface area is 131 Å². The van der Waals surface area contributed by atoms with Crippen LogP contribution < -0.4 is 11.1 Å². The van der Waals surface area contributed by atoms with Crippen LogP contribution in [0.15, 0.2) is 24.3 Å². The third-order valence-electron chi connectivity index (χ3n) is 3.42. The molecule has 1 amide bonds. The molecule has 4 atom stereocenters. The summed E-state index contributed by atoms with van der Waals surface area (Å²) >= 11 is 0. The van der Waals surface area contributed by atoms with Crippen LogP contribution in [0.4, 0.5) is 4.39 Å². The van der Waals surface area contributed by atoms with Crippen molar-refractivity contribution in [2.24, 2.45) is 11.7 Å². The first-order chi connectivity index (χ1) is 9.31. The number of halogens is 2. The normalized spacial score (nSPS) is 16.3. The maximum absolute atomic E-state index is 12.8. The van der Waals surface area contributed by atoms with Gasteiger partial charge in [-0.1, -0.05) is 19.1 Å². The molecule has 0 aliphatic rings. The highest BCUT2D eigenvalue weighted by atomic mass is 35.5. The van der Waals surface area contributed by atoms with Gasteiger partial charge < -0.3 is 16.2 Å². The molecule has 4 nitrogen and oxygen atoms in total. The van der Waals surface area contributed by atoms with Crippen LogP contribution in [0, 0.1) is 11.7 Å². The fourth-order valence-corrected chi connectivity index (χ4v) is 1.83. The number of carbonyl (C=O) groups is 1. The van der Waals surface area contributed by atoms with E-state index in [9.17, 15) is 14.3 Å². The molecule has 4 unspecified atom stereocenters. The highest BCUT2D eigenvalue weighted by Crippen LogP contribution is 2.18. The summed E-state index contributed by atoms with van der Waals surface area (Å²) in [7, 11) is 0. The average Bonchev–Trinajstić information content (AvgIpc) is 2.37. The quantitative estimate of drug-likeness (QED) is 0.752. The van der Waals surface area contributed by atoms with Gasteiger partial charge in [0.25, 0.3) is 0 Å². The van der Waals surface area contributed by atoms with Crippen molar-refractivity contribution < 1.29 is 14.3 Å². The Morgan fingerprint density at radius 2 is 1.81 bits per heavy atom. The number of amides is 1. The Balaban J connectivity index is 0.00000400. The van der Waals surface area contributed by atoms with E-state index in [-0.39, 0.29) is 42.1 Å². The van der Waals surface area contributed by atoms with E-state index >= 15 is 0 Å². The Hall–Kier alpha value is -1.17. The van der Waals surface area contributed by atoms with Gasteiger partial charge in [0.2, 0.25) is 5.91 Å². The number of aliphatic hydroxyl groups excluding tert-OH is 1. The second kappa shape index (κ2) is 8.97. The molecule has 0 bridgehead atoms. The molecule has 4 N–H and O–H groups in total. The maximum Gasteiger partial charge on any atom is 0.224 e. The summed E-state index contributed by atoms with van der Waals surface area (Å²) in [6.45, 7) is 5.37. The standard InChI is InChI=1S/C15H23FN2O2.ClH/c1-9(18-15(20)10(2)11(3)17)8-14(19)12-4-6-13(16)7-5-12;/h4-7,9-11,14,19H,8,17H2,1-3H3,(H,18,20);1H. The van der Waals surface area contributed by atoms with E-state index in [1.807, 2.05) is 6.92 Å². The molecule has 0 aromatic heterocycles. The molecule has 0 saturated heterocycles. The average molecular weight is 319 g/mol. The first-order valence-electron chi connectivity index (χ1n) is 6.80. The fraction of sp³-hybridized carbons (Fsp3) is 0.533. The number of carbonyl (C=O) groups excluding carboxylic acids is 1. The van der Waals surface area contributed by atoms with Crippen molar-refractivity contribution >= 4 is 18.3 Å². The predicted octanol–water partition coefficient (Wildman–Crippen LogP) is 2.16. The van der Waals surface area contributed by atoms with Crippen molar-refractivity contribution in [2.45, 2.75) is 45.4 Å². The summed E-state index contributed by atoms with van der Waals surface area (Å²) in [5.74, 6) is -0.743. The third kappa shape index (κ3) is 6.42. The molecular formula is C15H24ClFN2O2. The van der Waals surface area contributed by atoms with Gasteiger partial charge >= 0.3 is 0 Å². The zero-order chi connectivity index (χ0) is 15.3. The lowest BCUT2D eigenvalue weighted by Crippen LogP contribution is -2.42. The second-order valence-corrected chi connectivity index (χ2v) is 5.36. The van der Waals surface area contributed by atoms with Gasteiger partial charge in [0, 0.05) is 18.0 Å². The van der Waals surface area contributed by atoms with Gasteiger partial charge in [0.15, 0.2) is 0 Å². The van der Waals surface area contributed by atoms with Gasteiger partial charge in [-0.2, -0.15) is 0 Å². The molecule has 6 heteroatoms. The lowest BCUT2D eigenvalue weighted by atomic mass is 10.0. The molecule has 0 saturated carbocycles. The largest absolute Gasteiger partial charge is 0.388 e. The Kier molecular flexibility index (Phi) is 8.47. The molecule has 120 valence electrons. The Morgan fingerprint density at radius 1 is 1.29 bits per heavy atom. The van der Waals surface area contributed by atoms with Crippen LogP contribution in [0.2, 0.25) is 0 Å². The van der Waals surface area contributed by atoms with E-state index in [4.69, 9.17) is 5.73 Å².